The summed E-state index contributed by atoms with van der Waals surface area (Å²) < 4.78 is 1.70. The van der Waals surface area contributed by atoms with E-state index in [1.54, 1.807) is 17.1 Å². The third-order valence-electron chi connectivity index (χ3n) is 5.81. The molecule has 2 N–H and O–H groups in total. The molecule has 2 aliphatic rings. The molecule has 0 aromatic carbocycles. The topological polar surface area (TPSA) is 95.9 Å². The van der Waals surface area contributed by atoms with Gasteiger partial charge in [0, 0.05) is 37.9 Å². The summed E-state index contributed by atoms with van der Waals surface area (Å²) in [6, 6.07) is 0.215. The van der Waals surface area contributed by atoms with Crippen LogP contribution in [0.15, 0.2) is 18.6 Å². The van der Waals surface area contributed by atoms with E-state index < -0.39 is 0 Å². The molecule has 1 atom stereocenters. The molecule has 1 unspecified atom stereocenters. The van der Waals surface area contributed by atoms with Crippen molar-refractivity contribution >= 4 is 11.8 Å². The number of likely N-dealkylation sites (tertiary alicyclic amines) is 1. The van der Waals surface area contributed by atoms with Gasteiger partial charge in [0.05, 0.1) is 29.1 Å². The lowest BCUT2D eigenvalue weighted by molar-refractivity contribution is -0.146. The van der Waals surface area contributed by atoms with Crippen LogP contribution < -0.4 is 5.32 Å². The Morgan fingerprint density at radius 2 is 2.00 bits per heavy atom. The number of nitrogens with zero attached hydrogens (tertiary/aromatic N) is 4. The van der Waals surface area contributed by atoms with Gasteiger partial charge in [0.25, 0.3) is 5.91 Å². The van der Waals surface area contributed by atoms with Crippen molar-refractivity contribution < 1.29 is 9.59 Å². The van der Waals surface area contributed by atoms with Crippen LogP contribution in [0.2, 0.25) is 0 Å². The fourth-order valence-corrected chi connectivity index (χ4v) is 4.10. The maximum Gasteiger partial charge on any atom is 0.257 e. The molecular weight excluding hydrogens is 332 g/mol. The molecule has 8 heteroatoms. The van der Waals surface area contributed by atoms with Crippen LogP contribution in [0.25, 0.3) is 11.3 Å². The zero-order chi connectivity index (χ0) is 18.5. The van der Waals surface area contributed by atoms with Crippen molar-refractivity contribution in [1.29, 1.82) is 0 Å². The number of hydrogen-bond acceptors (Lipinski definition) is 4. The lowest BCUT2D eigenvalue weighted by atomic mass is 9.68. The van der Waals surface area contributed by atoms with Crippen molar-refractivity contribution in [3.63, 3.8) is 0 Å². The number of carbonyl (C=O) groups is 2. The lowest BCUT2D eigenvalue weighted by Crippen LogP contribution is -2.68. The average molecular weight is 356 g/mol. The monoisotopic (exact) mass is 356 g/mol. The van der Waals surface area contributed by atoms with Crippen molar-refractivity contribution in [2.75, 3.05) is 13.1 Å². The number of rotatable bonds is 3. The predicted molar refractivity (Wildman–Crippen MR) is 95.1 cm³/mol. The molecule has 2 aromatic rings. The number of H-pyrrole nitrogens is 1. The first-order valence-corrected chi connectivity index (χ1v) is 9.00. The summed E-state index contributed by atoms with van der Waals surface area (Å²) in [5, 5.41) is 14.2. The molecule has 4 rings (SSSR count). The largest absolute Gasteiger partial charge is 0.351 e. The molecule has 4 heterocycles. The molecule has 0 spiro atoms. The van der Waals surface area contributed by atoms with Gasteiger partial charge in [-0.25, -0.2) is 0 Å². The Hall–Kier alpha value is -2.64. The summed E-state index contributed by atoms with van der Waals surface area (Å²) in [6.45, 7) is 5.40. The van der Waals surface area contributed by atoms with Gasteiger partial charge in [-0.1, -0.05) is 0 Å². The van der Waals surface area contributed by atoms with Crippen LogP contribution in [0.1, 0.15) is 37.0 Å². The molecule has 2 amide bonds. The van der Waals surface area contributed by atoms with Crippen molar-refractivity contribution in [2.45, 2.75) is 32.7 Å². The fraction of sp³-hybridized carbons (Fsp3) is 0.556. The highest BCUT2D eigenvalue weighted by atomic mass is 16.2. The highest BCUT2D eigenvalue weighted by molar-refractivity contribution is 5.99. The number of β-lactam (4-membered cyclic amide) rings is 1. The normalized spacial score (nSPS) is 22.8. The zero-order valence-corrected chi connectivity index (χ0v) is 15.3. The molecule has 8 nitrogen and oxygen atoms in total. The van der Waals surface area contributed by atoms with Crippen molar-refractivity contribution in [2.24, 2.45) is 18.4 Å². The molecule has 0 bridgehead atoms. The minimum atomic E-state index is -0.297. The molecule has 0 aliphatic carbocycles. The number of aromatic nitrogens is 4. The molecule has 26 heavy (non-hydrogen) atoms. The summed E-state index contributed by atoms with van der Waals surface area (Å²) in [5.74, 6) is 0.544. The minimum Gasteiger partial charge on any atom is -0.351 e. The summed E-state index contributed by atoms with van der Waals surface area (Å²) in [5.41, 5.74) is 1.84. The minimum absolute atomic E-state index is 0.00652. The Labute approximate surface area is 151 Å². The van der Waals surface area contributed by atoms with Gasteiger partial charge in [-0.2, -0.15) is 10.2 Å². The predicted octanol–water partition coefficient (Wildman–Crippen LogP) is 1.19. The van der Waals surface area contributed by atoms with Gasteiger partial charge in [-0.15, -0.1) is 0 Å². The summed E-state index contributed by atoms with van der Waals surface area (Å²) in [4.78, 5) is 26.6. The number of hydrogen-bond donors (Lipinski definition) is 2. The molecule has 138 valence electrons. The van der Waals surface area contributed by atoms with E-state index in [4.69, 9.17) is 0 Å². The molecule has 2 saturated heterocycles. The number of carbonyl (C=O) groups excluding carboxylic acids is 2. The van der Waals surface area contributed by atoms with Gasteiger partial charge in [0.1, 0.15) is 0 Å². The van der Waals surface area contributed by atoms with Crippen LogP contribution in [-0.4, -0.2) is 55.8 Å². The van der Waals surface area contributed by atoms with E-state index in [2.05, 4.69) is 20.6 Å². The highest BCUT2D eigenvalue weighted by Gasteiger charge is 2.51. The second-order valence-electron chi connectivity index (χ2n) is 7.86. The van der Waals surface area contributed by atoms with Crippen molar-refractivity contribution in [3.8, 4) is 11.3 Å². The first-order valence-electron chi connectivity index (χ1n) is 9.00. The van der Waals surface area contributed by atoms with Gasteiger partial charge >= 0.3 is 0 Å². The average Bonchev–Trinajstić information content (AvgIpc) is 3.28. The van der Waals surface area contributed by atoms with Crippen molar-refractivity contribution in [1.82, 2.24) is 30.2 Å². The Bertz CT molecular complexity index is 843. The number of aromatic amines is 1. The van der Waals surface area contributed by atoms with Gasteiger partial charge in [0.2, 0.25) is 5.91 Å². The van der Waals surface area contributed by atoms with E-state index in [9.17, 15) is 9.59 Å². The van der Waals surface area contributed by atoms with E-state index in [-0.39, 0.29) is 23.3 Å². The number of aryl methyl sites for hydroxylation is 1. The van der Waals surface area contributed by atoms with Gasteiger partial charge < -0.3 is 10.2 Å². The van der Waals surface area contributed by atoms with Gasteiger partial charge in [0.15, 0.2) is 0 Å². The lowest BCUT2D eigenvalue weighted by Gasteiger charge is -2.50. The van der Waals surface area contributed by atoms with E-state index in [1.807, 2.05) is 32.0 Å². The van der Waals surface area contributed by atoms with Crippen LogP contribution in [0.3, 0.4) is 0 Å². The standard InChI is InChI=1S/C18H24N6O2/c1-18(2)15(21-17(18)26)11-4-6-24(7-5-11)16(25)13-9-19-22-14(13)12-8-20-23(3)10-12/h8-11,15H,4-7H2,1-3H3,(H,19,22)(H,21,26). The molecule has 0 radical (unpaired) electrons. The maximum absolute atomic E-state index is 13.0. The van der Waals surface area contributed by atoms with Crippen LogP contribution in [0.5, 0.6) is 0 Å². The third-order valence-corrected chi connectivity index (χ3v) is 5.81. The quantitative estimate of drug-likeness (QED) is 0.808. The second kappa shape index (κ2) is 5.96. The Morgan fingerprint density at radius 1 is 1.27 bits per heavy atom. The van der Waals surface area contributed by atoms with Crippen LogP contribution in [0.4, 0.5) is 0 Å². The fourth-order valence-electron chi connectivity index (χ4n) is 4.10. The molecule has 2 aliphatic heterocycles. The number of piperidine rings is 1. The van der Waals surface area contributed by atoms with Crippen LogP contribution in [0, 0.1) is 11.3 Å². The SMILES string of the molecule is Cn1cc(-c2[nH]ncc2C(=O)N2CCC(C3NC(=O)C3(C)C)CC2)cn1. The van der Waals surface area contributed by atoms with E-state index in [0.29, 0.717) is 30.3 Å². The second-order valence-corrected chi connectivity index (χ2v) is 7.86. The molecular formula is C18H24N6O2. The Balaban J connectivity index is 1.44. The van der Waals surface area contributed by atoms with Crippen LogP contribution >= 0.6 is 0 Å². The van der Waals surface area contributed by atoms with E-state index in [1.165, 1.54) is 0 Å². The zero-order valence-electron chi connectivity index (χ0n) is 15.3. The number of nitrogens with one attached hydrogen (secondary N) is 2. The summed E-state index contributed by atoms with van der Waals surface area (Å²) >= 11 is 0. The smallest absolute Gasteiger partial charge is 0.257 e. The van der Waals surface area contributed by atoms with Gasteiger partial charge in [-0.3, -0.25) is 19.4 Å². The number of amides is 2. The maximum atomic E-state index is 13.0. The molecule has 2 fully saturated rings. The highest BCUT2D eigenvalue weighted by Crippen LogP contribution is 2.38. The van der Waals surface area contributed by atoms with Crippen molar-refractivity contribution in [3.05, 3.63) is 24.2 Å². The summed E-state index contributed by atoms with van der Waals surface area (Å²) in [7, 11) is 1.84. The Morgan fingerprint density at radius 3 is 2.58 bits per heavy atom. The first kappa shape index (κ1) is 16.8. The van der Waals surface area contributed by atoms with Crippen LogP contribution in [-0.2, 0) is 11.8 Å². The third kappa shape index (κ3) is 2.60. The van der Waals surface area contributed by atoms with E-state index >= 15 is 0 Å². The van der Waals surface area contributed by atoms with E-state index in [0.717, 1.165) is 18.4 Å². The first-order chi connectivity index (χ1) is 12.4. The molecule has 0 saturated carbocycles. The van der Waals surface area contributed by atoms with Gasteiger partial charge in [-0.05, 0) is 32.6 Å². The Kier molecular flexibility index (Phi) is 3.86. The molecule has 2 aromatic heterocycles. The summed E-state index contributed by atoms with van der Waals surface area (Å²) in [6.07, 6.45) is 6.97.